The molecule has 1 aliphatic heterocycles. The van der Waals surface area contributed by atoms with E-state index >= 15 is 0 Å². The van der Waals surface area contributed by atoms with E-state index in [4.69, 9.17) is 11.6 Å². The highest BCUT2D eigenvalue weighted by atomic mass is 35.5. The molecule has 7 heteroatoms. The van der Waals surface area contributed by atoms with E-state index in [1.54, 1.807) is 17.0 Å². The van der Waals surface area contributed by atoms with E-state index in [1.165, 1.54) is 12.8 Å². The average Bonchev–Trinajstić information content (AvgIpc) is 3.57. The molecule has 2 aromatic heterocycles. The second kappa shape index (κ2) is 7.44. The molecular weight excluding hydrogens is 412 g/mol. The van der Waals surface area contributed by atoms with Crippen LogP contribution in [0.5, 0.6) is 11.8 Å². The molecule has 4 unspecified atom stereocenters. The third-order valence-corrected chi connectivity index (χ3v) is 8.25. The van der Waals surface area contributed by atoms with Crippen molar-refractivity contribution in [2.45, 2.75) is 56.9 Å². The van der Waals surface area contributed by atoms with Crippen LogP contribution >= 0.6 is 11.6 Å². The summed E-state index contributed by atoms with van der Waals surface area (Å²) in [4.78, 5) is 10.8. The molecule has 0 spiro atoms. The third kappa shape index (κ3) is 3.22. The number of anilines is 1. The van der Waals surface area contributed by atoms with Crippen LogP contribution < -0.4 is 4.90 Å². The van der Waals surface area contributed by atoms with E-state index in [1.807, 2.05) is 0 Å². The molecule has 5 aliphatic rings. The average molecular weight is 441 g/mol. The highest BCUT2D eigenvalue weighted by Crippen LogP contribution is 2.67. The number of allylic oxidation sites excluding steroid dienone is 2. The molecule has 2 fully saturated rings. The molecule has 2 aromatic rings. The molecule has 7 rings (SSSR count). The largest absolute Gasteiger partial charge is 0.494 e. The van der Waals surface area contributed by atoms with Crippen LogP contribution in [0.25, 0.3) is 0 Å². The van der Waals surface area contributed by atoms with Gasteiger partial charge in [0.2, 0.25) is 0 Å². The molecule has 31 heavy (non-hydrogen) atoms. The van der Waals surface area contributed by atoms with Crippen LogP contribution in [0, 0.1) is 17.8 Å². The van der Waals surface area contributed by atoms with Gasteiger partial charge in [-0.05, 0) is 43.4 Å². The Labute approximate surface area is 187 Å². The van der Waals surface area contributed by atoms with Gasteiger partial charge in [0.15, 0.2) is 11.8 Å². The zero-order chi connectivity index (χ0) is 21.1. The molecular formula is C24H29ClN4O2. The first-order chi connectivity index (χ1) is 15.1. The van der Waals surface area contributed by atoms with Gasteiger partial charge in [0.25, 0.3) is 0 Å². The maximum absolute atomic E-state index is 10.9. The molecule has 4 aliphatic carbocycles. The topological polar surface area (TPSA) is 74.4 Å². The third-order valence-electron chi connectivity index (χ3n) is 8.06. The van der Waals surface area contributed by atoms with Crippen molar-refractivity contribution in [3.05, 3.63) is 40.8 Å². The number of unbranched alkanes of at least 4 members (excludes halogenated alkanes) is 1. The Morgan fingerprint density at radius 3 is 2.29 bits per heavy atom. The molecule has 4 atom stereocenters. The first-order valence-corrected chi connectivity index (χ1v) is 12.0. The number of aromatic hydroxyl groups is 2. The standard InChI is InChI=1S/C24H29ClN4O2/c25-19-12-26-13-20(27-19)28-9-6-14(7-10-28)3-1-2-8-29-23(30)21-15-4-5-16(18-11-17(15)18)22(21)24(29)31/h4-5,12-18,30-31H,1-3,6-11H2. The van der Waals surface area contributed by atoms with Crippen LogP contribution in [0.4, 0.5) is 5.82 Å². The Kier molecular flexibility index (Phi) is 4.67. The SMILES string of the molecule is Oc1c2c(c(O)n1CCCCC1CCN(c3cncc(Cl)n3)CC1)C1C=CC2C2CC12. The van der Waals surface area contributed by atoms with Crippen LogP contribution in [0.3, 0.4) is 0 Å². The summed E-state index contributed by atoms with van der Waals surface area (Å²) in [5.41, 5.74) is 2.03. The zero-order valence-corrected chi connectivity index (χ0v) is 18.4. The lowest BCUT2D eigenvalue weighted by Gasteiger charge is -2.32. The fourth-order valence-corrected chi connectivity index (χ4v) is 6.49. The summed E-state index contributed by atoms with van der Waals surface area (Å²) in [6, 6.07) is 0. The number of aromatic nitrogens is 3. The van der Waals surface area contributed by atoms with E-state index in [0.717, 1.165) is 61.6 Å². The van der Waals surface area contributed by atoms with Crippen molar-refractivity contribution in [3.8, 4) is 11.8 Å². The number of rotatable bonds is 6. The lowest BCUT2D eigenvalue weighted by molar-refractivity contribution is 0.341. The Morgan fingerprint density at radius 1 is 0.968 bits per heavy atom. The summed E-state index contributed by atoms with van der Waals surface area (Å²) < 4.78 is 1.77. The van der Waals surface area contributed by atoms with Gasteiger partial charge < -0.3 is 15.1 Å². The van der Waals surface area contributed by atoms with Gasteiger partial charge in [-0.1, -0.05) is 36.6 Å². The quantitative estimate of drug-likeness (QED) is 0.497. The van der Waals surface area contributed by atoms with E-state index in [0.29, 0.717) is 47.1 Å². The van der Waals surface area contributed by atoms with Gasteiger partial charge in [0.1, 0.15) is 11.0 Å². The van der Waals surface area contributed by atoms with E-state index in [2.05, 4.69) is 27.0 Å². The van der Waals surface area contributed by atoms with Crippen LogP contribution in [0.2, 0.25) is 5.15 Å². The second-order valence-electron chi connectivity index (χ2n) is 9.75. The molecule has 0 aromatic carbocycles. The molecule has 0 radical (unpaired) electrons. The zero-order valence-electron chi connectivity index (χ0n) is 17.6. The highest BCUT2D eigenvalue weighted by molar-refractivity contribution is 6.29. The Morgan fingerprint density at radius 2 is 1.65 bits per heavy atom. The maximum atomic E-state index is 10.9. The van der Waals surface area contributed by atoms with Crippen molar-refractivity contribution >= 4 is 17.4 Å². The fraction of sp³-hybridized carbons (Fsp3) is 0.583. The Balaban J connectivity index is 1.02. The van der Waals surface area contributed by atoms with Gasteiger partial charge >= 0.3 is 0 Å². The number of hydrogen-bond donors (Lipinski definition) is 2. The molecule has 2 bridgehead atoms. The first kappa shape index (κ1) is 19.5. The monoisotopic (exact) mass is 440 g/mol. The van der Waals surface area contributed by atoms with Crippen LogP contribution in [0.15, 0.2) is 24.5 Å². The second-order valence-corrected chi connectivity index (χ2v) is 10.1. The van der Waals surface area contributed by atoms with Gasteiger partial charge in [0, 0.05) is 42.6 Å². The predicted molar refractivity (Wildman–Crippen MR) is 120 cm³/mol. The highest BCUT2D eigenvalue weighted by Gasteiger charge is 2.56. The fourth-order valence-electron chi connectivity index (χ4n) is 6.35. The van der Waals surface area contributed by atoms with Gasteiger partial charge in [-0.3, -0.25) is 9.55 Å². The first-order valence-electron chi connectivity index (χ1n) is 11.7. The molecule has 6 nitrogen and oxygen atoms in total. The lowest BCUT2D eigenvalue weighted by Crippen LogP contribution is -2.34. The number of halogens is 1. The van der Waals surface area contributed by atoms with Crippen LogP contribution in [-0.2, 0) is 6.54 Å². The summed E-state index contributed by atoms with van der Waals surface area (Å²) in [5.74, 6) is 4.21. The Bertz CT molecular complexity index is 985. The molecule has 3 heterocycles. The predicted octanol–water partition coefficient (Wildman–Crippen LogP) is 4.82. The van der Waals surface area contributed by atoms with E-state index in [-0.39, 0.29) is 0 Å². The summed E-state index contributed by atoms with van der Waals surface area (Å²) >= 11 is 5.97. The minimum absolute atomic E-state index is 0.312. The number of nitrogens with zero attached hydrogens (tertiary/aromatic N) is 4. The van der Waals surface area contributed by atoms with Crippen molar-refractivity contribution in [3.63, 3.8) is 0 Å². The molecule has 2 N–H and O–H groups in total. The van der Waals surface area contributed by atoms with Gasteiger partial charge in [-0.2, -0.15) is 0 Å². The number of hydrogen-bond acceptors (Lipinski definition) is 5. The van der Waals surface area contributed by atoms with Gasteiger partial charge in [-0.25, -0.2) is 4.98 Å². The smallest absolute Gasteiger partial charge is 0.198 e. The van der Waals surface area contributed by atoms with E-state index < -0.39 is 0 Å². The summed E-state index contributed by atoms with van der Waals surface area (Å²) in [7, 11) is 0. The lowest BCUT2D eigenvalue weighted by atomic mass is 9.73. The summed E-state index contributed by atoms with van der Waals surface area (Å²) in [6.07, 6.45) is 14.7. The minimum Gasteiger partial charge on any atom is -0.494 e. The van der Waals surface area contributed by atoms with Crippen molar-refractivity contribution < 1.29 is 10.2 Å². The van der Waals surface area contributed by atoms with Crippen LogP contribution in [0.1, 0.15) is 61.5 Å². The van der Waals surface area contributed by atoms with Crippen molar-refractivity contribution in [1.82, 2.24) is 14.5 Å². The molecule has 0 amide bonds. The molecule has 164 valence electrons. The molecule has 1 saturated heterocycles. The van der Waals surface area contributed by atoms with Crippen molar-refractivity contribution in [1.29, 1.82) is 0 Å². The van der Waals surface area contributed by atoms with E-state index in [9.17, 15) is 10.2 Å². The normalized spacial score (nSPS) is 28.6. The Hall–Kier alpha value is -2.21. The summed E-state index contributed by atoms with van der Waals surface area (Å²) in [6.45, 7) is 2.67. The summed E-state index contributed by atoms with van der Waals surface area (Å²) in [5, 5.41) is 22.2. The van der Waals surface area contributed by atoms with Crippen molar-refractivity contribution in [2.75, 3.05) is 18.0 Å². The van der Waals surface area contributed by atoms with Crippen LogP contribution in [-0.4, -0.2) is 37.8 Å². The number of piperidine rings is 1. The van der Waals surface area contributed by atoms with Crippen molar-refractivity contribution in [2.24, 2.45) is 17.8 Å². The molecule has 1 saturated carbocycles. The van der Waals surface area contributed by atoms with Gasteiger partial charge in [-0.15, -0.1) is 0 Å². The minimum atomic E-state index is 0.312. The maximum Gasteiger partial charge on any atom is 0.198 e. The van der Waals surface area contributed by atoms with Gasteiger partial charge in [0.05, 0.1) is 12.4 Å².